The molecule has 0 bridgehead atoms. The van der Waals surface area contributed by atoms with Crippen molar-refractivity contribution >= 4 is 17.7 Å². The molecular formula is C30H27N5O3S. The molecule has 39 heavy (non-hydrogen) atoms. The molecular weight excluding hydrogens is 510 g/mol. The number of carbonyl (C=O) groups excluding carboxylic acids is 1. The first-order valence-corrected chi connectivity index (χ1v) is 13.4. The monoisotopic (exact) mass is 537 g/mol. The number of allylic oxidation sites excluding steroid dienone is 1. The highest BCUT2D eigenvalue weighted by Crippen LogP contribution is 2.41. The van der Waals surface area contributed by atoms with E-state index >= 15 is 0 Å². The predicted molar refractivity (Wildman–Crippen MR) is 148 cm³/mol. The van der Waals surface area contributed by atoms with Crippen molar-refractivity contribution in [1.82, 2.24) is 9.97 Å². The second-order valence-electron chi connectivity index (χ2n) is 8.99. The van der Waals surface area contributed by atoms with Crippen LogP contribution in [-0.4, -0.2) is 28.3 Å². The van der Waals surface area contributed by atoms with Gasteiger partial charge in [0.25, 0.3) is 0 Å². The van der Waals surface area contributed by atoms with Gasteiger partial charge in [-0.3, -0.25) is 4.98 Å². The van der Waals surface area contributed by atoms with E-state index in [9.17, 15) is 15.3 Å². The second kappa shape index (κ2) is 12.3. The minimum atomic E-state index is -0.760. The zero-order chi connectivity index (χ0) is 27.9. The zero-order valence-electron chi connectivity index (χ0n) is 21.8. The fourth-order valence-corrected chi connectivity index (χ4v) is 5.12. The van der Waals surface area contributed by atoms with Crippen molar-refractivity contribution < 1.29 is 14.3 Å². The fraction of sp³-hybridized carbons (Fsp3) is 0.233. The summed E-state index contributed by atoms with van der Waals surface area (Å²) in [6.45, 7) is 6.05. The van der Waals surface area contributed by atoms with Gasteiger partial charge in [-0.25, -0.2) is 9.78 Å². The van der Waals surface area contributed by atoms with E-state index in [0.717, 1.165) is 16.7 Å². The van der Waals surface area contributed by atoms with Crippen LogP contribution in [0.25, 0.3) is 11.3 Å². The third kappa shape index (κ3) is 5.95. The zero-order valence-corrected chi connectivity index (χ0v) is 22.7. The molecule has 0 fully saturated rings. The van der Waals surface area contributed by atoms with Gasteiger partial charge in [0.05, 0.1) is 35.1 Å². The van der Waals surface area contributed by atoms with Crippen LogP contribution in [0.3, 0.4) is 0 Å². The van der Waals surface area contributed by atoms with E-state index in [1.807, 2.05) is 36.4 Å². The van der Waals surface area contributed by atoms with Crippen molar-refractivity contribution in [2.24, 2.45) is 5.73 Å². The highest BCUT2D eigenvalue weighted by Gasteiger charge is 2.37. The Morgan fingerprint density at radius 1 is 1.15 bits per heavy atom. The average molecular weight is 538 g/mol. The van der Waals surface area contributed by atoms with Crippen molar-refractivity contribution in [1.29, 1.82) is 10.5 Å². The third-order valence-corrected chi connectivity index (χ3v) is 7.20. The summed E-state index contributed by atoms with van der Waals surface area (Å²) in [5.41, 5.74) is 10.2. The lowest BCUT2D eigenvalue weighted by molar-refractivity contribution is -0.139. The van der Waals surface area contributed by atoms with E-state index in [2.05, 4.69) is 36.0 Å². The number of hydrogen-bond acceptors (Lipinski definition) is 9. The molecule has 2 aromatic heterocycles. The highest BCUT2D eigenvalue weighted by molar-refractivity contribution is 7.99. The first-order valence-electron chi connectivity index (χ1n) is 12.4. The Hall–Kier alpha value is -4.60. The van der Waals surface area contributed by atoms with Crippen LogP contribution in [0, 0.1) is 22.7 Å². The Balaban J connectivity index is 1.76. The minimum Gasteiger partial charge on any atom is -0.463 e. The molecule has 1 atom stereocenters. The maximum Gasteiger partial charge on any atom is 0.338 e. The number of esters is 1. The Kier molecular flexibility index (Phi) is 8.65. The first kappa shape index (κ1) is 27.4. The number of nitrogens with two attached hydrogens (primary N) is 1. The van der Waals surface area contributed by atoms with Crippen LogP contribution in [0.1, 0.15) is 49.3 Å². The van der Waals surface area contributed by atoms with Crippen molar-refractivity contribution in [3.8, 4) is 23.4 Å². The maximum atomic E-state index is 13.3. The number of carbonyl (C=O) groups is 1. The van der Waals surface area contributed by atoms with Crippen molar-refractivity contribution in [3.63, 3.8) is 0 Å². The molecule has 0 radical (unpaired) electrons. The van der Waals surface area contributed by atoms with Gasteiger partial charge in [-0.05, 0) is 48.2 Å². The standard InChI is InChI=1S/C30H27N5O3S/c1-4-37-30(36)27-25(17-39-29-21(14-31)11-12-24(35-29)22-6-5-13-34-16-22)38-28(33)23(15-32)26(27)20-9-7-19(8-10-20)18(2)3/h5-13,16,18,26H,4,17,33H2,1-3H3. The quantitative estimate of drug-likeness (QED) is 0.289. The van der Waals surface area contributed by atoms with E-state index in [1.165, 1.54) is 11.8 Å². The van der Waals surface area contributed by atoms with Crippen LogP contribution in [0.15, 0.2) is 88.7 Å². The molecule has 1 aliphatic rings. The molecule has 9 heteroatoms. The molecule has 196 valence electrons. The molecule has 0 saturated heterocycles. The number of nitrogens with zero attached hydrogens (tertiary/aromatic N) is 4. The Morgan fingerprint density at radius 2 is 1.92 bits per heavy atom. The minimum absolute atomic E-state index is 0.0725. The number of thioether (sulfide) groups is 1. The van der Waals surface area contributed by atoms with Crippen LogP contribution >= 0.6 is 11.8 Å². The molecule has 0 spiro atoms. The number of hydrogen-bond donors (Lipinski definition) is 1. The molecule has 2 N–H and O–H groups in total. The van der Waals surface area contributed by atoms with Crippen LogP contribution in [0.4, 0.5) is 0 Å². The molecule has 8 nitrogen and oxygen atoms in total. The van der Waals surface area contributed by atoms with Crippen molar-refractivity contribution in [2.45, 2.75) is 37.6 Å². The molecule has 0 amide bonds. The van der Waals surface area contributed by atoms with Gasteiger partial charge in [-0.15, -0.1) is 0 Å². The van der Waals surface area contributed by atoms with Crippen molar-refractivity contribution in [2.75, 3.05) is 12.4 Å². The van der Waals surface area contributed by atoms with Crippen LogP contribution in [-0.2, 0) is 14.3 Å². The number of ether oxygens (including phenoxy) is 2. The molecule has 0 aliphatic carbocycles. The first-order chi connectivity index (χ1) is 18.9. The summed E-state index contributed by atoms with van der Waals surface area (Å²) in [4.78, 5) is 22.1. The number of rotatable bonds is 8. The number of pyridine rings is 2. The predicted octanol–water partition coefficient (Wildman–Crippen LogP) is 5.56. The van der Waals surface area contributed by atoms with Gasteiger partial charge >= 0.3 is 5.97 Å². The largest absolute Gasteiger partial charge is 0.463 e. The smallest absolute Gasteiger partial charge is 0.338 e. The summed E-state index contributed by atoms with van der Waals surface area (Å²) in [5, 5.41) is 20.1. The normalized spacial score (nSPS) is 15.0. The Labute approximate surface area is 231 Å². The summed E-state index contributed by atoms with van der Waals surface area (Å²) in [6, 6.07) is 19.2. The van der Waals surface area contributed by atoms with Gasteiger partial charge in [0.15, 0.2) is 0 Å². The molecule has 3 heterocycles. The summed E-state index contributed by atoms with van der Waals surface area (Å²) < 4.78 is 11.3. The van der Waals surface area contributed by atoms with Gasteiger partial charge in [0, 0.05) is 18.0 Å². The van der Waals surface area contributed by atoms with E-state index in [4.69, 9.17) is 15.2 Å². The molecule has 0 saturated carbocycles. The second-order valence-corrected chi connectivity index (χ2v) is 9.96. The molecule has 3 aromatic rings. The Morgan fingerprint density at radius 3 is 2.54 bits per heavy atom. The van der Waals surface area contributed by atoms with Crippen LogP contribution in [0.2, 0.25) is 0 Å². The van der Waals surface area contributed by atoms with Crippen LogP contribution < -0.4 is 5.73 Å². The number of aromatic nitrogens is 2. The lowest BCUT2D eigenvalue weighted by atomic mass is 9.82. The van der Waals surface area contributed by atoms with E-state index in [-0.39, 0.29) is 35.1 Å². The van der Waals surface area contributed by atoms with E-state index in [1.54, 1.807) is 31.5 Å². The molecule has 4 rings (SSSR count). The van der Waals surface area contributed by atoms with Gasteiger partial charge in [0.2, 0.25) is 5.88 Å². The SMILES string of the molecule is CCOC(=O)C1=C(CSc2nc(-c3cccnc3)ccc2C#N)OC(N)=C(C#N)C1c1ccc(C(C)C)cc1. The highest BCUT2D eigenvalue weighted by atomic mass is 32.2. The number of benzene rings is 1. The van der Waals surface area contributed by atoms with E-state index < -0.39 is 11.9 Å². The average Bonchev–Trinajstić information content (AvgIpc) is 2.96. The van der Waals surface area contributed by atoms with Gasteiger partial charge in [0.1, 0.15) is 28.5 Å². The van der Waals surface area contributed by atoms with Gasteiger partial charge in [-0.1, -0.05) is 49.9 Å². The summed E-state index contributed by atoms with van der Waals surface area (Å²) in [7, 11) is 0. The lowest BCUT2D eigenvalue weighted by Crippen LogP contribution is -2.27. The van der Waals surface area contributed by atoms with Crippen molar-refractivity contribution in [3.05, 3.63) is 100 Å². The van der Waals surface area contributed by atoms with Crippen LogP contribution in [0.5, 0.6) is 0 Å². The lowest BCUT2D eigenvalue weighted by Gasteiger charge is -2.28. The maximum absolute atomic E-state index is 13.3. The third-order valence-electron chi connectivity index (χ3n) is 6.21. The summed E-state index contributed by atoms with van der Waals surface area (Å²) >= 11 is 1.23. The van der Waals surface area contributed by atoms with Gasteiger partial charge in [-0.2, -0.15) is 10.5 Å². The molecule has 1 unspecified atom stereocenters. The van der Waals surface area contributed by atoms with E-state index in [0.29, 0.717) is 22.2 Å². The fourth-order valence-electron chi connectivity index (χ4n) is 4.21. The Bertz CT molecular complexity index is 1520. The van der Waals surface area contributed by atoms with Gasteiger partial charge < -0.3 is 15.2 Å². The molecule has 1 aliphatic heterocycles. The topological polar surface area (TPSA) is 135 Å². The summed E-state index contributed by atoms with van der Waals surface area (Å²) in [6.07, 6.45) is 3.37. The molecule has 1 aromatic carbocycles. The number of nitriles is 2. The summed E-state index contributed by atoms with van der Waals surface area (Å²) in [5.74, 6) is -0.719.